The third-order valence-electron chi connectivity index (χ3n) is 10.1. The van der Waals surface area contributed by atoms with E-state index in [0.717, 1.165) is 11.1 Å². The molecule has 0 aromatic heterocycles. The summed E-state index contributed by atoms with van der Waals surface area (Å²) < 4.78 is 0. The molecular formula is C40H55N7O7. The number of hydrogen-bond donors (Lipinski definition) is 6. The second kappa shape index (κ2) is 18.7. The van der Waals surface area contributed by atoms with Gasteiger partial charge in [0.2, 0.25) is 41.4 Å². The van der Waals surface area contributed by atoms with Gasteiger partial charge in [-0.2, -0.15) is 0 Å². The van der Waals surface area contributed by atoms with E-state index in [1.807, 2.05) is 60.7 Å². The van der Waals surface area contributed by atoms with E-state index in [-0.39, 0.29) is 42.7 Å². The summed E-state index contributed by atoms with van der Waals surface area (Å²) >= 11 is 0. The maximum absolute atomic E-state index is 14.7. The van der Waals surface area contributed by atoms with Crippen molar-refractivity contribution < 1.29 is 33.6 Å². The largest absolute Gasteiger partial charge is 0.350 e. The number of piperidine rings is 1. The fourth-order valence-electron chi connectivity index (χ4n) is 7.15. The van der Waals surface area contributed by atoms with E-state index >= 15 is 0 Å². The highest BCUT2D eigenvalue weighted by Crippen LogP contribution is 2.38. The molecule has 6 atom stereocenters. The second-order valence-electron chi connectivity index (χ2n) is 15.1. The smallest absolute Gasteiger partial charge is 0.249 e. The summed E-state index contributed by atoms with van der Waals surface area (Å²) in [6.07, 6.45) is 1.93. The summed E-state index contributed by atoms with van der Waals surface area (Å²) in [5, 5.41) is 16.5. The molecule has 2 aromatic rings. The van der Waals surface area contributed by atoms with Crippen LogP contribution < -0.4 is 31.9 Å². The lowest BCUT2D eigenvalue weighted by Gasteiger charge is -2.46. The molecule has 292 valence electrons. The van der Waals surface area contributed by atoms with Gasteiger partial charge in [-0.05, 0) is 55.6 Å². The van der Waals surface area contributed by atoms with Crippen LogP contribution in [-0.2, 0) is 46.5 Å². The summed E-state index contributed by atoms with van der Waals surface area (Å²) in [7, 11) is 0. The van der Waals surface area contributed by atoms with Gasteiger partial charge in [-0.1, -0.05) is 88.4 Å². The molecule has 0 unspecified atom stereocenters. The third-order valence-corrected chi connectivity index (χ3v) is 10.1. The van der Waals surface area contributed by atoms with E-state index in [1.165, 1.54) is 13.8 Å². The van der Waals surface area contributed by atoms with Crippen molar-refractivity contribution in [2.24, 2.45) is 11.8 Å². The number of benzene rings is 2. The maximum atomic E-state index is 14.7. The number of nitrogens with zero attached hydrogens (tertiary/aromatic N) is 1. The van der Waals surface area contributed by atoms with Crippen molar-refractivity contribution in [1.82, 2.24) is 36.8 Å². The van der Waals surface area contributed by atoms with E-state index in [1.54, 1.807) is 32.6 Å². The molecule has 14 heteroatoms. The minimum atomic E-state index is -1.42. The molecule has 6 N–H and O–H groups in total. The number of carbonyl (C=O) groups excluding carboxylic acids is 7. The van der Waals surface area contributed by atoms with Crippen molar-refractivity contribution in [3.8, 4) is 0 Å². The first-order chi connectivity index (χ1) is 25.6. The number of rotatable bonds is 16. The Morgan fingerprint density at radius 2 is 1.31 bits per heavy atom. The first kappa shape index (κ1) is 41.5. The summed E-state index contributed by atoms with van der Waals surface area (Å²) in [6.45, 7) is 9.99. The van der Waals surface area contributed by atoms with Crippen LogP contribution in [0.1, 0.15) is 78.4 Å². The third kappa shape index (κ3) is 10.7. The highest BCUT2D eigenvalue weighted by Gasteiger charge is 2.54. The molecule has 2 saturated heterocycles. The van der Waals surface area contributed by atoms with Gasteiger partial charge in [-0.25, -0.2) is 0 Å². The Morgan fingerprint density at radius 1 is 0.722 bits per heavy atom. The molecule has 54 heavy (non-hydrogen) atoms. The lowest BCUT2D eigenvalue weighted by atomic mass is 9.79. The van der Waals surface area contributed by atoms with Gasteiger partial charge < -0.3 is 36.8 Å². The highest BCUT2D eigenvalue weighted by atomic mass is 16.2. The van der Waals surface area contributed by atoms with E-state index in [0.29, 0.717) is 32.2 Å². The molecule has 0 bridgehead atoms. The first-order valence-corrected chi connectivity index (χ1v) is 18.8. The predicted octanol–water partition coefficient (Wildman–Crippen LogP) is 1.48. The Labute approximate surface area is 317 Å². The molecule has 7 amide bonds. The number of amides is 7. The molecule has 14 nitrogen and oxygen atoms in total. The molecule has 2 aliphatic rings. The van der Waals surface area contributed by atoms with Crippen molar-refractivity contribution in [1.29, 1.82) is 0 Å². The molecule has 2 heterocycles. The fourth-order valence-corrected chi connectivity index (χ4v) is 7.15. The lowest BCUT2D eigenvalue weighted by Crippen LogP contribution is -2.69. The van der Waals surface area contributed by atoms with Crippen LogP contribution >= 0.6 is 0 Å². The average Bonchev–Trinajstić information content (AvgIpc) is 3.58. The Kier molecular flexibility index (Phi) is 14.3. The summed E-state index contributed by atoms with van der Waals surface area (Å²) in [5.41, 5.74) is 0.295. The number of hydrogen-bond acceptors (Lipinski definition) is 7. The molecule has 0 spiro atoms. The number of carbonyl (C=O) groups is 7. The Morgan fingerprint density at radius 3 is 1.91 bits per heavy atom. The van der Waals surface area contributed by atoms with E-state index in [2.05, 4.69) is 31.9 Å². The van der Waals surface area contributed by atoms with Crippen LogP contribution in [0.4, 0.5) is 0 Å². The van der Waals surface area contributed by atoms with Crippen molar-refractivity contribution in [3.63, 3.8) is 0 Å². The number of fused-ring (bicyclic) bond motifs is 1. The minimum absolute atomic E-state index is 0.153. The van der Waals surface area contributed by atoms with E-state index < -0.39 is 59.2 Å². The van der Waals surface area contributed by atoms with Gasteiger partial charge in [0, 0.05) is 25.9 Å². The summed E-state index contributed by atoms with van der Waals surface area (Å²) in [4.78, 5) is 94.6. The Bertz CT molecular complexity index is 1670. The molecular weight excluding hydrogens is 690 g/mol. The lowest BCUT2D eigenvalue weighted by molar-refractivity contribution is -0.152. The zero-order chi connectivity index (χ0) is 39.6. The van der Waals surface area contributed by atoms with Crippen LogP contribution in [0.15, 0.2) is 60.7 Å². The van der Waals surface area contributed by atoms with Crippen LogP contribution in [0.2, 0.25) is 0 Å². The zero-order valence-corrected chi connectivity index (χ0v) is 32.1. The van der Waals surface area contributed by atoms with Gasteiger partial charge >= 0.3 is 0 Å². The molecule has 0 saturated carbocycles. The van der Waals surface area contributed by atoms with Crippen LogP contribution in [0.3, 0.4) is 0 Å². The minimum Gasteiger partial charge on any atom is -0.350 e. The van der Waals surface area contributed by atoms with Gasteiger partial charge in [0.1, 0.15) is 29.7 Å². The fraction of sp³-hybridized carbons (Fsp3) is 0.525. The maximum Gasteiger partial charge on any atom is 0.249 e. The van der Waals surface area contributed by atoms with Crippen LogP contribution in [0, 0.1) is 11.8 Å². The molecule has 4 rings (SSSR count). The van der Waals surface area contributed by atoms with Crippen LogP contribution in [0.5, 0.6) is 0 Å². The number of nitrogens with one attached hydrogen (secondary N) is 6. The van der Waals surface area contributed by atoms with E-state index in [4.69, 9.17) is 0 Å². The Hall–Kier alpha value is -5.27. The molecule has 2 fully saturated rings. The molecule has 2 aliphatic heterocycles. The van der Waals surface area contributed by atoms with Gasteiger partial charge in [-0.3, -0.25) is 33.6 Å². The second-order valence-corrected chi connectivity index (χ2v) is 15.1. The van der Waals surface area contributed by atoms with Gasteiger partial charge in [0.15, 0.2) is 0 Å². The average molecular weight is 746 g/mol. The van der Waals surface area contributed by atoms with Crippen molar-refractivity contribution in [3.05, 3.63) is 71.8 Å². The highest BCUT2D eigenvalue weighted by molar-refractivity contribution is 5.99. The van der Waals surface area contributed by atoms with Gasteiger partial charge in [0.25, 0.3) is 0 Å². The quantitative estimate of drug-likeness (QED) is 0.150. The van der Waals surface area contributed by atoms with Crippen molar-refractivity contribution >= 4 is 41.4 Å². The SMILES string of the molecule is CC(=O)N[C@H](C(=O)N[C@@H](C)C(=O)N[C@@]1(Cc2ccccc2)CC[C@H]2CC[C@@H](C(=O)N[C@H](C(=O)NCC(=O)NCc3ccccc3)C(C)C)N2C1=O)C(C)C. The normalized spacial score (nSPS) is 21.0. The summed E-state index contributed by atoms with van der Waals surface area (Å²) in [6, 6.07) is 14.6. The van der Waals surface area contributed by atoms with Crippen molar-refractivity contribution in [2.45, 2.75) is 116 Å². The zero-order valence-electron chi connectivity index (χ0n) is 32.1. The molecule has 2 aromatic carbocycles. The Balaban J connectivity index is 1.47. The molecule has 0 aliphatic carbocycles. The van der Waals surface area contributed by atoms with Crippen molar-refractivity contribution in [2.75, 3.05) is 6.54 Å². The van der Waals surface area contributed by atoms with E-state index in [9.17, 15) is 33.6 Å². The topological polar surface area (TPSA) is 195 Å². The standard InChI is InChI=1S/C40H55N7O7/c1-24(2)33(37(52)42-23-32(49)41-22-29-15-11-8-12-16-29)45-36(51)31-18-17-30-19-20-40(39(54)47(30)31,21-28-13-9-7-10-14-28)46-35(50)26(5)43-38(53)34(25(3)4)44-27(6)48/h7-16,24-26,30-31,33-34H,17-23H2,1-6H3,(H,41,49)(H,42,52)(H,43,53)(H,44,48)(H,45,51)(H,46,50)/t26-,30+,31-,33-,34-,40+/m0/s1. The van der Waals surface area contributed by atoms with Crippen LogP contribution in [0.25, 0.3) is 0 Å². The van der Waals surface area contributed by atoms with Gasteiger partial charge in [0.05, 0.1) is 6.54 Å². The van der Waals surface area contributed by atoms with Gasteiger partial charge in [-0.15, -0.1) is 0 Å². The molecule has 0 radical (unpaired) electrons. The van der Waals surface area contributed by atoms with Crippen LogP contribution in [-0.4, -0.2) is 88.5 Å². The predicted molar refractivity (Wildman–Crippen MR) is 202 cm³/mol. The monoisotopic (exact) mass is 745 g/mol. The first-order valence-electron chi connectivity index (χ1n) is 18.8. The summed E-state index contributed by atoms with van der Waals surface area (Å²) in [5.74, 6) is -3.86.